The van der Waals surface area contributed by atoms with Gasteiger partial charge < -0.3 is 5.73 Å². The van der Waals surface area contributed by atoms with Gasteiger partial charge in [0, 0.05) is 24.0 Å². The lowest BCUT2D eigenvalue weighted by atomic mass is 9.71. The highest BCUT2D eigenvalue weighted by Crippen LogP contribution is 2.36. The van der Waals surface area contributed by atoms with Crippen LogP contribution in [0.15, 0.2) is 60.7 Å². The molecule has 2 unspecified atom stereocenters. The minimum Gasteiger partial charge on any atom is -0.329 e. The van der Waals surface area contributed by atoms with E-state index in [1.54, 1.807) is 0 Å². The Kier molecular flexibility index (Phi) is 5.93. The summed E-state index contributed by atoms with van der Waals surface area (Å²) in [5.41, 5.74) is 9.00. The SMILES string of the molecule is CC1CCCC(C)N1CCC(CN)(c1ccccc1)c1ccccc1. The number of hydrogen-bond acceptors (Lipinski definition) is 2. The van der Waals surface area contributed by atoms with Crippen LogP contribution in [0.4, 0.5) is 0 Å². The lowest BCUT2D eigenvalue weighted by Crippen LogP contribution is -2.47. The van der Waals surface area contributed by atoms with E-state index in [1.165, 1.54) is 30.4 Å². The maximum atomic E-state index is 6.44. The first-order chi connectivity index (χ1) is 12.2. The van der Waals surface area contributed by atoms with Crippen LogP contribution >= 0.6 is 0 Å². The summed E-state index contributed by atoms with van der Waals surface area (Å²) in [5.74, 6) is 0. The van der Waals surface area contributed by atoms with Gasteiger partial charge in [0.2, 0.25) is 0 Å². The first-order valence-corrected chi connectivity index (χ1v) is 9.74. The molecule has 2 heteroatoms. The van der Waals surface area contributed by atoms with Gasteiger partial charge in [-0.1, -0.05) is 67.1 Å². The predicted molar refractivity (Wildman–Crippen MR) is 107 cm³/mol. The molecule has 25 heavy (non-hydrogen) atoms. The van der Waals surface area contributed by atoms with Crippen LogP contribution in [0.1, 0.15) is 50.7 Å². The zero-order valence-electron chi connectivity index (χ0n) is 15.7. The van der Waals surface area contributed by atoms with Crippen molar-refractivity contribution in [2.24, 2.45) is 5.73 Å². The molecule has 0 spiro atoms. The third kappa shape index (κ3) is 3.80. The predicted octanol–water partition coefficient (Wildman–Crippen LogP) is 4.58. The Morgan fingerprint density at radius 3 is 1.80 bits per heavy atom. The monoisotopic (exact) mass is 336 g/mol. The summed E-state index contributed by atoms with van der Waals surface area (Å²) in [6, 6.07) is 23.0. The van der Waals surface area contributed by atoms with Crippen LogP contribution in [0.2, 0.25) is 0 Å². The fourth-order valence-electron chi connectivity index (χ4n) is 4.54. The fourth-order valence-corrected chi connectivity index (χ4v) is 4.54. The zero-order chi connectivity index (χ0) is 17.7. The highest BCUT2D eigenvalue weighted by atomic mass is 15.2. The first-order valence-electron chi connectivity index (χ1n) is 9.74. The lowest BCUT2D eigenvalue weighted by Gasteiger charge is -2.42. The number of nitrogens with two attached hydrogens (primary N) is 1. The van der Waals surface area contributed by atoms with Gasteiger partial charge in [-0.2, -0.15) is 0 Å². The number of piperidine rings is 1. The normalized spacial score (nSPS) is 22.0. The molecule has 0 aromatic heterocycles. The van der Waals surface area contributed by atoms with Crippen molar-refractivity contribution in [1.82, 2.24) is 4.90 Å². The van der Waals surface area contributed by atoms with Crippen molar-refractivity contribution >= 4 is 0 Å². The van der Waals surface area contributed by atoms with Gasteiger partial charge in [0.15, 0.2) is 0 Å². The molecule has 2 N–H and O–H groups in total. The van der Waals surface area contributed by atoms with Crippen molar-refractivity contribution in [2.45, 2.75) is 57.0 Å². The van der Waals surface area contributed by atoms with Gasteiger partial charge in [-0.05, 0) is 50.8 Å². The van der Waals surface area contributed by atoms with Crippen LogP contribution in [0, 0.1) is 0 Å². The van der Waals surface area contributed by atoms with Gasteiger partial charge >= 0.3 is 0 Å². The second-order valence-electron chi connectivity index (χ2n) is 7.64. The number of nitrogens with zero attached hydrogens (tertiary/aromatic N) is 1. The van der Waals surface area contributed by atoms with Gasteiger partial charge in [0.25, 0.3) is 0 Å². The van der Waals surface area contributed by atoms with E-state index in [1.807, 2.05) is 0 Å². The van der Waals surface area contributed by atoms with Gasteiger partial charge in [-0.15, -0.1) is 0 Å². The van der Waals surface area contributed by atoms with E-state index in [9.17, 15) is 0 Å². The molecule has 1 aliphatic heterocycles. The molecule has 0 aliphatic carbocycles. The van der Waals surface area contributed by atoms with Gasteiger partial charge in [-0.3, -0.25) is 4.90 Å². The number of likely N-dealkylation sites (tertiary alicyclic amines) is 1. The number of rotatable bonds is 6. The van der Waals surface area contributed by atoms with Crippen LogP contribution in [-0.2, 0) is 5.41 Å². The quantitative estimate of drug-likeness (QED) is 0.836. The van der Waals surface area contributed by atoms with E-state index in [4.69, 9.17) is 5.73 Å². The van der Waals surface area contributed by atoms with Crippen molar-refractivity contribution in [3.63, 3.8) is 0 Å². The highest BCUT2D eigenvalue weighted by molar-refractivity contribution is 5.40. The highest BCUT2D eigenvalue weighted by Gasteiger charge is 2.35. The Bertz CT molecular complexity index is 588. The second kappa shape index (κ2) is 8.16. The Labute approximate surface area is 153 Å². The van der Waals surface area contributed by atoms with Crippen molar-refractivity contribution in [3.8, 4) is 0 Å². The average molecular weight is 337 g/mol. The molecule has 2 aromatic carbocycles. The molecule has 1 aliphatic rings. The summed E-state index contributed by atoms with van der Waals surface area (Å²) in [6.07, 6.45) is 5.05. The minimum absolute atomic E-state index is 0.112. The fraction of sp³-hybridized carbons (Fsp3) is 0.478. The maximum Gasteiger partial charge on any atom is 0.0337 e. The second-order valence-corrected chi connectivity index (χ2v) is 7.64. The van der Waals surface area contributed by atoms with Gasteiger partial charge in [0.1, 0.15) is 0 Å². The molecule has 2 aromatic rings. The molecule has 0 bridgehead atoms. The van der Waals surface area contributed by atoms with Crippen LogP contribution < -0.4 is 5.73 Å². The molecular weight excluding hydrogens is 304 g/mol. The van der Waals surface area contributed by atoms with E-state index in [-0.39, 0.29) is 5.41 Å². The molecule has 2 atom stereocenters. The Morgan fingerprint density at radius 1 is 0.880 bits per heavy atom. The van der Waals surface area contributed by atoms with E-state index >= 15 is 0 Å². The van der Waals surface area contributed by atoms with E-state index in [0.717, 1.165) is 13.0 Å². The number of hydrogen-bond donors (Lipinski definition) is 1. The molecule has 1 fully saturated rings. The summed E-state index contributed by atoms with van der Waals surface area (Å²) in [4.78, 5) is 2.69. The van der Waals surface area contributed by atoms with Gasteiger partial charge in [-0.25, -0.2) is 0 Å². The lowest BCUT2D eigenvalue weighted by molar-refractivity contribution is 0.0956. The first kappa shape index (κ1) is 18.2. The van der Waals surface area contributed by atoms with E-state index in [0.29, 0.717) is 18.6 Å². The topological polar surface area (TPSA) is 29.3 Å². The average Bonchev–Trinajstić information content (AvgIpc) is 2.66. The molecule has 1 saturated heterocycles. The molecule has 1 heterocycles. The number of benzene rings is 2. The smallest absolute Gasteiger partial charge is 0.0337 e. The molecule has 0 amide bonds. The third-order valence-corrected chi connectivity index (χ3v) is 6.17. The van der Waals surface area contributed by atoms with Crippen LogP contribution in [0.25, 0.3) is 0 Å². The standard InChI is InChI=1S/C23H32N2/c1-19-10-9-11-20(2)25(19)17-16-23(18-24,21-12-5-3-6-13-21)22-14-7-4-8-15-22/h3-8,12-15,19-20H,9-11,16-18,24H2,1-2H3. The summed E-state index contributed by atoms with van der Waals surface area (Å²) in [5, 5.41) is 0. The summed E-state index contributed by atoms with van der Waals surface area (Å²) in [7, 11) is 0. The molecule has 2 nitrogen and oxygen atoms in total. The van der Waals surface area contributed by atoms with Crippen molar-refractivity contribution < 1.29 is 0 Å². The Balaban J connectivity index is 1.91. The molecule has 134 valence electrons. The molecular formula is C23H32N2. The van der Waals surface area contributed by atoms with Crippen molar-refractivity contribution in [1.29, 1.82) is 0 Å². The molecule has 3 rings (SSSR count). The third-order valence-electron chi connectivity index (χ3n) is 6.17. The van der Waals surface area contributed by atoms with Crippen molar-refractivity contribution in [2.75, 3.05) is 13.1 Å². The molecule has 0 radical (unpaired) electrons. The van der Waals surface area contributed by atoms with Crippen LogP contribution in [0.3, 0.4) is 0 Å². The zero-order valence-corrected chi connectivity index (χ0v) is 15.7. The largest absolute Gasteiger partial charge is 0.329 e. The summed E-state index contributed by atoms with van der Waals surface area (Å²) >= 11 is 0. The van der Waals surface area contributed by atoms with E-state index in [2.05, 4.69) is 79.4 Å². The minimum atomic E-state index is -0.112. The summed E-state index contributed by atoms with van der Waals surface area (Å²) < 4.78 is 0. The Hall–Kier alpha value is -1.64. The van der Waals surface area contributed by atoms with Crippen molar-refractivity contribution in [3.05, 3.63) is 71.8 Å². The van der Waals surface area contributed by atoms with Crippen LogP contribution in [-0.4, -0.2) is 30.1 Å². The maximum absolute atomic E-state index is 6.44. The van der Waals surface area contributed by atoms with Gasteiger partial charge in [0.05, 0.1) is 0 Å². The Morgan fingerprint density at radius 2 is 1.36 bits per heavy atom. The molecule has 0 saturated carbocycles. The van der Waals surface area contributed by atoms with E-state index < -0.39 is 0 Å². The van der Waals surface area contributed by atoms with Crippen LogP contribution in [0.5, 0.6) is 0 Å². The summed E-state index contributed by atoms with van der Waals surface area (Å²) in [6.45, 7) is 6.50.